The molecule has 1 atom stereocenters. The highest BCUT2D eigenvalue weighted by Crippen LogP contribution is 2.34. The Hall–Kier alpha value is -5.24. The molecule has 11 nitrogen and oxygen atoms in total. The number of aromatic nitrogens is 6. The van der Waals surface area contributed by atoms with Crippen molar-refractivity contribution in [1.29, 1.82) is 0 Å². The molecule has 0 aliphatic carbocycles. The van der Waals surface area contributed by atoms with Gasteiger partial charge >= 0.3 is 6.18 Å². The van der Waals surface area contributed by atoms with E-state index in [-0.39, 0.29) is 17.6 Å². The zero-order valence-electron chi connectivity index (χ0n) is 24.0. The fraction of sp³-hybridized carbons (Fsp3) is 0.258. The number of fused-ring (bicyclic) bond motifs is 2. The minimum absolute atomic E-state index is 0.167. The third kappa shape index (κ3) is 5.48. The molecule has 6 aromatic rings. The topological polar surface area (TPSA) is 118 Å². The van der Waals surface area contributed by atoms with Gasteiger partial charge in [0.05, 0.1) is 46.8 Å². The fourth-order valence-electron chi connectivity index (χ4n) is 5.83. The summed E-state index contributed by atoms with van der Waals surface area (Å²) in [6.45, 7) is 1.02. The van der Waals surface area contributed by atoms with Crippen molar-refractivity contribution >= 4 is 27.8 Å². The molecule has 1 aliphatic rings. The molecule has 14 heteroatoms. The van der Waals surface area contributed by atoms with Crippen LogP contribution in [-0.4, -0.2) is 72.1 Å². The van der Waals surface area contributed by atoms with Gasteiger partial charge < -0.3 is 23.7 Å². The van der Waals surface area contributed by atoms with Crippen LogP contribution in [0.4, 0.5) is 13.2 Å². The minimum atomic E-state index is -4.74. The molecule has 1 aliphatic heterocycles. The van der Waals surface area contributed by atoms with Crippen molar-refractivity contribution < 1.29 is 27.2 Å². The van der Waals surface area contributed by atoms with Gasteiger partial charge in [0.15, 0.2) is 0 Å². The average molecular weight is 617 g/mol. The van der Waals surface area contributed by atoms with Gasteiger partial charge in [0.2, 0.25) is 17.6 Å². The van der Waals surface area contributed by atoms with E-state index in [9.17, 15) is 18.0 Å². The lowest BCUT2D eigenvalue weighted by Gasteiger charge is -2.40. The molecule has 1 amide bonds. The normalized spacial score (nSPS) is 16.1. The van der Waals surface area contributed by atoms with Gasteiger partial charge in [-0.15, -0.1) is 0 Å². The highest BCUT2D eigenvalue weighted by atomic mass is 19.4. The summed E-state index contributed by atoms with van der Waals surface area (Å²) in [5, 5.41) is 4.91. The van der Waals surface area contributed by atoms with Crippen LogP contribution in [0.15, 0.2) is 77.6 Å². The number of hydrogen-bond acceptors (Lipinski definition) is 8. The summed E-state index contributed by atoms with van der Waals surface area (Å²) in [5.41, 5.74) is 3.20. The number of ether oxygens (including phenoxy) is 1. The number of methoxy groups -OCH3 is 1. The molecule has 0 unspecified atom stereocenters. The Kier molecular flexibility index (Phi) is 7.20. The molecule has 2 aromatic carbocycles. The summed E-state index contributed by atoms with van der Waals surface area (Å²) >= 11 is 0. The zero-order valence-corrected chi connectivity index (χ0v) is 24.0. The van der Waals surface area contributed by atoms with Gasteiger partial charge in [-0.2, -0.15) is 13.2 Å². The van der Waals surface area contributed by atoms with Crippen LogP contribution < -0.4 is 4.74 Å². The number of H-pyrrole nitrogens is 1. The molecule has 1 fully saturated rings. The lowest BCUT2D eigenvalue weighted by Crippen LogP contribution is -2.51. The van der Waals surface area contributed by atoms with Crippen LogP contribution in [0, 0.1) is 0 Å². The average Bonchev–Trinajstić information content (AvgIpc) is 3.81. The Morgan fingerprint density at radius 1 is 1.07 bits per heavy atom. The Labute approximate surface area is 254 Å². The van der Waals surface area contributed by atoms with E-state index < -0.39 is 30.5 Å². The summed E-state index contributed by atoms with van der Waals surface area (Å²) < 4.78 is 53.6. The smallest absolute Gasteiger partial charge is 0.449 e. The Balaban J connectivity index is 1.23. The number of nitrogens with one attached hydrogen (secondary N) is 1. The standard InChI is InChI=1S/C31H27F3N8O3/c1-44-29-21(14-19-6-2-3-7-22(19)37-29)24-15-35-28(36-24)26-17-40(16-20-10-13-45-39-20)11-12-41(26)27(43)18-42-25-9-5-4-8-23(25)38-30(42)31(32,33)34/h2-10,13-15,26H,11-12,16-18H2,1H3,(H,35,36)/t26-/m0/s1. The van der Waals surface area contributed by atoms with Crippen LogP contribution in [0.1, 0.15) is 23.4 Å². The molecule has 0 saturated carbocycles. The summed E-state index contributed by atoms with van der Waals surface area (Å²) in [4.78, 5) is 34.0. The third-order valence-corrected chi connectivity index (χ3v) is 7.95. The number of alkyl halides is 3. The maximum Gasteiger partial charge on any atom is 0.449 e. The second-order valence-electron chi connectivity index (χ2n) is 10.8. The number of aromatic amines is 1. The fourth-order valence-corrected chi connectivity index (χ4v) is 5.83. The van der Waals surface area contributed by atoms with Crippen molar-refractivity contribution in [1.82, 2.24) is 39.5 Å². The van der Waals surface area contributed by atoms with E-state index in [0.717, 1.165) is 21.2 Å². The first-order valence-corrected chi connectivity index (χ1v) is 14.2. The first kappa shape index (κ1) is 28.5. The van der Waals surface area contributed by atoms with Gasteiger partial charge in [0.25, 0.3) is 0 Å². The van der Waals surface area contributed by atoms with Crippen molar-refractivity contribution in [2.24, 2.45) is 0 Å². The summed E-state index contributed by atoms with van der Waals surface area (Å²) in [6, 6.07) is 17.0. The summed E-state index contributed by atoms with van der Waals surface area (Å²) in [6.07, 6.45) is -1.60. The van der Waals surface area contributed by atoms with Crippen LogP contribution in [0.3, 0.4) is 0 Å². The number of rotatable bonds is 7. The SMILES string of the molecule is COc1nc2ccccc2cc1-c1cnc([C@@H]2CN(Cc3ccon3)CCN2C(=O)Cn2c(C(F)(F)F)nc3ccccc32)[nH]1. The van der Waals surface area contributed by atoms with Crippen molar-refractivity contribution in [3.63, 3.8) is 0 Å². The van der Waals surface area contributed by atoms with E-state index in [0.29, 0.717) is 42.6 Å². The number of benzene rings is 2. The molecular formula is C31H27F3N8O3. The van der Waals surface area contributed by atoms with Gasteiger partial charge in [-0.05, 0) is 24.3 Å². The first-order valence-electron chi connectivity index (χ1n) is 14.2. The van der Waals surface area contributed by atoms with Crippen LogP contribution in [0.2, 0.25) is 0 Å². The number of piperazine rings is 1. The monoisotopic (exact) mass is 616 g/mol. The maximum atomic E-state index is 14.0. The second kappa shape index (κ2) is 11.4. The number of halogens is 3. The van der Waals surface area contributed by atoms with Crippen molar-refractivity contribution in [3.05, 3.63) is 90.5 Å². The number of carbonyl (C=O) groups excluding carboxylic acids is 1. The Morgan fingerprint density at radius 3 is 2.64 bits per heavy atom. The van der Waals surface area contributed by atoms with E-state index in [1.807, 2.05) is 30.3 Å². The van der Waals surface area contributed by atoms with E-state index >= 15 is 0 Å². The molecule has 4 aromatic heterocycles. The lowest BCUT2D eigenvalue weighted by atomic mass is 10.1. The van der Waals surface area contributed by atoms with Gasteiger partial charge in [-0.3, -0.25) is 9.69 Å². The molecule has 0 radical (unpaired) electrons. The van der Waals surface area contributed by atoms with Gasteiger partial charge in [-0.25, -0.2) is 15.0 Å². The minimum Gasteiger partial charge on any atom is -0.480 e. The van der Waals surface area contributed by atoms with Crippen LogP contribution >= 0.6 is 0 Å². The van der Waals surface area contributed by atoms with Crippen molar-refractivity contribution in [3.8, 4) is 17.1 Å². The molecule has 5 heterocycles. The maximum absolute atomic E-state index is 14.0. The molecular weight excluding hydrogens is 589 g/mol. The lowest BCUT2D eigenvalue weighted by molar-refractivity contribution is -0.148. The largest absolute Gasteiger partial charge is 0.480 e. The quantitative estimate of drug-likeness (QED) is 0.264. The van der Waals surface area contributed by atoms with E-state index in [1.54, 1.807) is 29.3 Å². The van der Waals surface area contributed by atoms with Crippen LogP contribution in [0.25, 0.3) is 33.2 Å². The van der Waals surface area contributed by atoms with Crippen molar-refractivity contribution in [2.75, 3.05) is 26.7 Å². The number of hydrogen-bond donors (Lipinski definition) is 1. The van der Waals surface area contributed by atoms with E-state index in [4.69, 9.17) is 9.26 Å². The molecule has 45 heavy (non-hydrogen) atoms. The molecule has 1 saturated heterocycles. The van der Waals surface area contributed by atoms with E-state index in [2.05, 4.69) is 30.0 Å². The number of para-hydroxylation sites is 3. The molecule has 0 bridgehead atoms. The molecule has 0 spiro atoms. The van der Waals surface area contributed by atoms with Crippen LogP contribution in [-0.2, 0) is 24.1 Å². The number of carbonyl (C=O) groups is 1. The highest BCUT2D eigenvalue weighted by Gasteiger charge is 2.40. The van der Waals surface area contributed by atoms with E-state index in [1.165, 1.54) is 25.5 Å². The predicted molar refractivity (Wildman–Crippen MR) is 157 cm³/mol. The van der Waals surface area contributed by atoms with Crippen LogP contribution in [0.5, 0.6) is 5.88 Å². The number of imidazole rings is 2. The number of nitrogens with zero attached hydrogens (tertiary/aromatic N) is 7. The van der Waals surface area contributed by atoms with Gasteiger partial charge in [0, 0.05) is 37.6 Å². The summed E-state index contributed by atoms with van der Waals surface area (Å²) in [5.74, 6) is -0.725. The van der Waals surface area contributed by atoms with Gasteiger partial charge in [-0.1, -0.05) is 35.5 Å². The predicted octanol–water partition coefficient (Wildman–Crippen LogP) is 5.08. The zero-order chi connectivity index (χ0) is 31.1. The number of amides is 1. The second-order valence-corrected chi connectivity index (χ2v) is 10.8. The Bertz CT molecular complexity index is 1990. The van der Waals surface area contributed by atoms with Crippen molar-refractivity contribution in [2.45, 2.75) is 25.3 Å². The number of pyridine rings is 1. The summed E-state index contributed by atoms with van der Waals surface area (Å²) in [7, 11) is 1.54. The molecule has 1 N–H and O–H groups in total. The first-order chi connectivity index (χ1) is 21.8. The Morgan fingerprint density at radius 2 is 1.87 bits per heavy atom. The highest BCUT2D eigenvalue weighted by molar-refractivity contribution is 5.85. The molecule has 230 valence electrons. The third-order valence-electron chi connectivity index (χ3n) is 7.95. The van der Waals surface area contributed by atoms with Gasteiger partial charge in [0.1, 0.15) is 24.7 Å². The molecule has 7 rings (SSSR count).